The number of aromatic nitrogens is 1. The lowest BCUT2D eigenvalue weighted by atomic mass is 10.2. The number of carbonyl (C=O) groups is 2. The highest BCUT2D eigenvalue weighted by Gasteiger charge is 2.10. The van der Waals surface area contributed by atoms with Crippen LogP contribution < -0.4 is 10.6 Å². The van der Waals surface area contributed by atoms with Gasteiger partial charge in [0.2, 0.25) is 17.7 Å². The van der Waals surface area contributed by atoms with E-state index < -0.39 is 0 Å². The molecule has 3 aromatic rings. The van der Waals surface area contributed by atoms with Gasteiger partial charge in [-0.2, -0.15) is 0 Å². The average molecular weight is 378 g/mol. The van der Waals surface area contributed by atoms with E-state index in [-0.39, 0.29) is 23.6 Å². The second kappa shape index (κ2) is 7.55. The van der Waals surface area contributed by atoms with Gasteiger partial charge in [-0.25, -0.2) is 4.98 Å². The number of fused-ring (bicyclic) bond motifs is 1. The summed E-state index contributed by atoms with van der Waals surface area (Å²) in [5.74, 6) is -0.349. The second-order valence-electron chi connectivity index (χ2n) is 5.14. The van der Waals surface area contributed by atoms with Crippen LogP contribution in [0.4, 0.5) is 11.4 Å². The average Bonchev–Trinajstić information content (AvgIpc) is 3.05. The third-order valence-electron chi connectivity index (χ3n) is 3.33. The summed E-state index contributed by atoms with van der Waals surface area (Å²) in [7, 11) is 0. The Morgan fingerprint density at radius 2 is 1.52 bits per heavy atom. The summed E-state index contributed by atoms with van der Waals surface area (Å²) >= 11 is 10.9. The SMILES string of the molecule is O=C(CCl)Nc1ccc(-c2nc3cc(NC(=O)CCl)ccc3o2)cc1. The lowest BCUT2D eigenvalue weighted by molar-refractivity contribution is -0.114. The maximum absolute atomic E-state index is 11.3. The zero-order chi connectivity index (χ0) is 17.8. The van der Waals surface area contributed by atoms with Crippen LogP contribution in [0.3, 0.4) is 0 Å². The van der Waals surface area contributed by atoms with Crippen molar-refractivity contribution in [1.82, 2.24) is 4.98 Å². The van der Waals surface area contributed by atoms with Gasteiger partial charge < -0.3 is 15.1 Å². The first-order chi connectivity index (χ1) is 12.1. The van der Waals surface area contributed by atoms with Gasteiger partial charge in [0.15, 0.2) is 5.58 Å². The van der Waals surface area contributed by atoms with Gasteiger partial charge >= 0.3 is 0 Å². The minimum Gasteiger partial charge on any atom is -0.436 e. The summed E-state index contributed by atoms with van der Waals surface area (Å²) in [5.41, 5.74) is 3.19. The van der Waals surface area contributed by atoms with Crippen molar-refractivity contribution in [2.75, 3.05) is 22.4 Å². The fourth-order valence-corrected chi connectivity index (χ4v) is 2.35. The van der Waals surface area contributed by atoms with Crippen molar-refractivity contribution >= 4 is 57.5 Å². The molecule has 25 heavy (non-hydrogen) atoms. The van der Waals surface area contributed by atoms with Crippen molar-refractivity contribution in [1.29, 1.82) is 0 Å². The van der Waals surface area contributed by atoms with Crippen LogP contribution in [-0.4, -0.2) is 28.6 Å². The molecule has 0 aliphatic carbocycles. The van der Waals surface area contributed by atoms with Crippen LogP contribution in [0, 0.1) is 0 Å². The first kappa shape index (κ1) is 17.3. The largest absolute Gasteiger partial charge is 0.436 e. The third kappa shape index (κ3) is 4.10. The first-order valence-corrected chi connectivity index (χ1v) is 8.38. The minimum atomic E-state index is -0.292. The van der Waals surface area contributed by atoms with Crippen LogP contribution in [0.15, 0.2) is 46.9 Å². The highest BCUT2D eigenvalue weighted by Crippen LogP contribution is 2.27. The molecule has 0 radical (unpaired) electrons. The summed E-state index contributed by atoms with van der Waals surface area (Å²) in [6.07, 6.45) is 0. The smallest absolute Gasteiger partial charge is 0.239 e. The monoisotopic (exact) mass is 377 g/mol. The molecule has 0 atom stereocenters. The van der Waals surface area contributed by atoms with Crippen LogP contribution in [0.2, 0.25) is 0 Å². The summed E-state index contributed by atoms with van der Waals surface area (Å²) in [5, 5.41) is 5.32. The molecule has 0 saturated heterocycles. The molecular formula is C17H13Cl2N3O3. The quantitative estimate of drug-likeness (QED) is 0.661. The number of amides is 2. The number of carbonyl (C=O) groups excluding carboxylic acids is 2. The second-order valence-corrected chi connectivity index (χ2v) is 5.68. The number of oxazole rings is 1. The third-order valence-corrected chi connectivity index (χ3v) is 3.82. The van der Waals surface area contributed by atoms with E-state index in [9.17, 15) is 9.59 Å². The fourth-order valence-electron chi connectivity index (χ4n) is 2.21. The van der Waals surface area contributed by atoms with Gasteiger partial charge in [0.25, 0.3) is 0 Å². The fraction of sp³-hybridized carbons (Fsp3) is 0.118. The highest BCUT2D eigenvalue weighted by atomic mass is 35.5. The van der Waals surface area contributed by atoms with E-state index in [2.05, 4.69) is 15.6 Å². The van der Waals surface area contributed by atoms with E-state index in [1.807, 2.05) is 0 Å². The Labute approximate surface area is 153 Å². The lowest BCUT2D eigenvalue weighted by Crippen LogP contribution is -2.12. The van der Waals surface area contributed by atoms with Gasteiger partial charge in [0, 0.05) is 16.9 Å². The first-order valence-electron chi connectivity index (χ1n) is 7.31. The molecule has 0 fully saturated rings. The molecule has 2 amide bonds. The Bertz CT molecular complexity index is 923. The number of nitrogens with one attached hydrogen (secondary N) is 2. The van der Waals surface area contributed by atoms with E-state index in [4.69, 9.17) is 27.6 Å². The van der Waals surface area contributed by atoms with Crippen molar-refractivity contribution in [2.24, 2.45) is 0 Å². The number of benzene rings is 2. The van der Waals surface area contributed by atoms with Crippen LogP contribution >= 0.6 is 23.2 Å². The van der Waals surface area contributed by atoms with Gasteiger partial charge in [-0.15, -0.1) is 23.2 Å². The molecule has 3 rings (SSSR count). The normalized spacial score (nSPS) is 10.6. The molecule has 0 bridgehead atoms. The summed E-state index contributed by atoms with van der Waals surface area (Å²) in [6.45, 7) is 0. The Morgan fingerprint density at radius 1 is 0.920 bits per heavy atom. The minimum absolute atomic E-state index is 0.102. The number of hydrogen-bond acceptors (Lipinski definition) is 4. The van der Waals surface area contributed by atoms with Crippen molar-refractivity contribution < 1.29 is 14.0 Å². The maximum Gasteiger partial charge on any atom is 0.239 e. The summed E-state index contributed by atoms with van der Waals surface area (Å²) in [6, 6.07) is 12.2. The van der Waals surface area contributed by atoms with Crippen LogP contribution in [0.5, 0.6) is 0 Å². The van der Waals surface area contributed by atoms with Crippen LogP contribution in [0.1, 0.15) is 0 Å². The Hall–Kier alpha value is -2.57. The Kier molecular flexibility index (Phi) is 5.21. The van der Waals surface area contributed by atoms with Gasteiger partial charge in [0.05, 0.1) is 0 Å². The van der Waals surface area contributed by atoms with Crippen molar-refractivity contribution in [3.8, 4) is 11.5 Å². The maximum atomic E-state index is 11.3. The Balaban J connectivity index is 1.83. The summed E-state index contributed by atoms with van der Waals surface area (Å²) < 4.78 is 5.72. The number of hydrogen-bond donors (Lipinski definition) is 2. The number of rotatable bonds is 5. The van der Waals surface area contributed by atoms with Gasteiger partial charge in [-0.05, 0) is 42.5 Å². The predicted molar refractivity (Wildman–Crippen MR) is 98.1 cm³/mol. The zero-order valence-corrected chi connectivity index (χ0v) is 14.4. The number of halogens is 2. The highest BCUT2D eigenvalue weighted by molar-refractivity contribution is 6.29. The van der Waals surface area contributed by atoms with Crippen molar-refractivity contribution in [3.63, 3.8) is 0 Å². The van der Waals surface area contributed by atoms with E-state index in [0.717, 1.165) is 5.56 Å². The predicted octanol–water partition coefficient (Wildman–Crippen LogP) is 3.85. The molecule has 0 saturated carbocycles. The molecule has 1 heterocycles. The zero-order valence-electron chi connectivity index (χ0n) is 12.9. The topological polar surface area (TPSA) is 84.2 Å². The summed E-state index contributed by atoms with van der Waals surface area (Å²) in [4.78, 5) is 27.0. The molecular weight excluding hydrogens is 365 g/mol. The van der Waals surface area contributed by atoms with Gasteiger partial charge in [-0.3, -0.25) is 9.59 Å². The molecule has 8 heteroatoms. The van der Waals surface area contributed by atoms with Gasteiger partial charge in [0.1, 0.15) is 17.3 Å². The molecule has 0 spiro atoms. The molecule has 128 valence electrons. The van der Waals surface area contributed by atoms with E-state index in [1.165, 1.54) is 0 Å². The van der Waals surface area contributed by atoms with Crippen LogP contribution in [-0.2, 0) is 9.59 Å². The molecule has 2 N–H and O–H groups in total. The molecule has 0 aliphatic rings. The van der Waals surface area contributed by atoms with E-state index in [0.29, 0.717) is 28.4 Å². The van der Waals surface area contributed by atoms with E-state index >= 15 is 0 Å². The molecule has 2 aromatic carbocycles. The Morgan fingerprint density at radius 3 is 2.16 bits per heavy atom. The molecule has 0 unspecified atom stereocenters. The van der Waals surface area contributed by atoms with Gasteiger partial charge in [-0.1, -0.05) is 0 Å². The standard InChI is InChI=1S/C17H13Cl2N3O3/c18-8-15(23)20-11-3-1-10(2-4-11)17-22-13-7-12(21-16(24)9-19)5-6-14(13)25-17/h1-7H,8-9H2,(H,20,23)(H,21,24). The number of nitrogens with zero attached hydrogens (tertiary/aromatic N) is 1. The van der Waals surface area contributed by atoms with Crippen LogP contribution in [0.25, 0.3) is 22.6 Å². The number of alkyl halides is 2. The van der Waals surface area contributed by atoms with Crippen molar-refractivity contribution in [2.45, 2.75) is 0 Å². The molecule has 1 aromatic heterocycles. The number of anilines is 2. The molecule has 6 nitrogen and oxygen atoms in total. The van der Waals surface area contributed by atoms with Crippen molar-refractivity contribution in [3.05, 3.63) is 42.5 Å². The molecule has 0 aliphatic heterocycles. The lowest BCUT2D eigenvalue weighted by Gasteiger charge is -2.03. The van der Waals surface area contributed by atoms with E-state index in [1.54, 1.807) is 42.5 Å².